The SMILES string of the molecule is COc1cccc(CN2CCC[C@@H](C(=O)N(Cc3cc(C)c4c(c3)OCCCO4)CC(C)C)C2)c1. The summed E-state index contributed by atoms with van der Waals surface area (Å²) in [6.45, 7) is 11.8. The Labute approximate surface area is 210 Å². The molecule has 1 amide bonds. The fourth-order valence-corrected chi connectivity index (χ4v) is 5.19. The van der Waals surface area contributed by atoms with Gasteiger partial charge in [-0.15, -0.1) is 0 Å². The third-order valence-electron chi connectivity index (χ3n) is 6.76. The molecule has 2 aromatic rings. The molecule has 6 heteroatoms. The van der Waals surface area contributed by atoms with Gasteiger partial charge in [-0.2, -0.15) is 0 Å². The van der Waals surface area contributed by atoms with Crippen LogP contribution in [0.1, 0.15) is 49.8 Å². The van der Waals surface area contributed by atoms with Crippen LogP contribution in [0, 0.1) is 18.8 Å². The number of piperidine rings is 1. The van der Waals surface area contributed by atoms with Crippen molar-refractivity contribution >= 4 is 5.91 Å². The van der Waals surface area contributed by atoms with E-state index in [1.165, 1.54) is 5.56 Å². The van der Waals surface area contributed by atoms with E-state index in [4.69, 9.17) is 14.2 Å². The Kier molecular flexibility index (Phi) is 8.55. The zero-order valence-electron chi connectivity index (χ0n) is 21.7. The number of likely N-dealkylation sites (tertiary alicyclic amines) is 1. The first-order valence-corrected chi connectivity index (χ1v) is 13.0. The molecule has 6 nitrogen and oxygen atoms in total. The van der Waals surface area contributed by atoms with Crippen molar-refractivity contribution in [2.24, 2.45) is 11.8 Å². The summed E-state index contributed by atoms with van der Waals surface area (Å²) in [4.78, 5) is 18.3. The van der Waals surface area contributed by atoms with E-state index in [1.807, 2.05) is 12.1 Å². The van der Waals surface area contributed by atoms with Crippen LogP contribution >= 0.6 is 0 Å². The van der Waals surface area contributed by atoms with Gasteiger partial charge in [-0.25, -0.2) is 0 Å². The second-order valence-corrected chi connectivity index (χ2v) is 10.3. The highest BCUT2D eigenvalue weighted by Gasteiger charge is 2.30. The Balaban J connectivity index is 1.46. The zero-order chi connectivity index (χ0) is 24.8. The van der Waals surface area contributed by atoms with Crippen LogP contribution in [0.25, 0.3) is 0 Å². The lowest BCUT2D eigenvalue weighted by molar-refractivity contribution is -0.138. The summed E-state index contributed by atoms with van der Waals surface area (Å²) in [7, 11) is 1.70. The number of rotatable bonds is 8. The van der Waals surface area contributed by atoms with Crippen molar-refractivity contribution in [1.29, 1.82) is 0 Å². The Morgan fingerprint density at radius 2 is 1.97 bits per heavy atom. The molecule has 0 radical (unpaired) electrons. The Bertz CT molecular complexity index is 1010. The lowest BCUT2D eigenvalue weighted by atomic mass is 9.95. The average Bonchev–Trinajstić information content (AvgIpc) is 3.09. The van der Waals surface area contributed by atoms with Crippen molar-refractivity contribution in [1.82, 2.24) is 9.80 Å². The molecule has 0 aromatic heterocycles. The summed E-state index contributed by atoms with van der Waals surface area (Å²) in [5.41, 5.74) is 3.39. The Morgan fingerprint density at radius 1 is 1.14 bits per heavy atom. The normalized spacial score (nSPS) is 18.3. The predicted octanol–water partition coefficient (Wildman–Crippen LogP) is 5.06. The number of aryl methyl sites for hydroxylation is 1. The van der Waals surface area contributed by atoms with Gasteiger partial charge in [0.2, 0.25) is 5.91 Å². The molecule has 0 N–H and O–H groups in total. The fraction of sp³-hybridized carbons (Fsp3) is 0.552. The Hall–Kier alpha value is -2.73. The third-order valence-corrected chi connectivity index (χ3v) is 6.76. The van der Waals surface area contributed by atoms with E-state index >= 15 is 0 Å². The van der Waals surface area contributed by atoms with Crippen molar-refractivity contribution in [3.05, 3.63) is 53.1 Å². The molecule has 2 heterocycles. The first kappa shape index (κ1) is 25.4. The van der Waals surface area contributed by atoms with Crippen molar-refractivity contribution in [2.75, 3.05) is 40.0 Å². The zero-order valence-corrected chi connectivity index (χ0v) is 21.7. The van der Waals surface area contributed by atoms with E-state index in [0.29, 0.717) is 25.7 Å². The highest BCUT2D eigenvalue weighted by molar-refractivity contribution is 5.79. The minimum atomic E-state index is 0.0228. The number of benzene rings is 2. The summed E-state index contributed by atoms with van der Waals surface area (Å²) in [5, 5.41) is 0. The molecule has 0 unspecified atom stereocenters. The summed E-state index contributed by atoms with van der Waals surface area (Å²) >= 11 is 0. The average molecular weight is 481 g/mol. The second-order valence-electron chi connectivity index (χ2n) is 10.3. The van der Waals surface area contributed by atoms with Crippen LogP contribution in [-0.2, 0) is 17.9 Å². The molecule has 4 rings (SSSR count). The quantitative estimate of drug-likeness (QED) is 0.529. The molecule has 190 valence electrons. The van der Waals surface area contributed by atoms with Crippen LogP contribution in [0.15, 0.2) is 36.4 Å². The second kappa shape index (κ2) is 11.8. The maximum absolute atomic E-state index is 13.8. The van der Waals surface area contributed by atoms with Crippen LogP contribution in [0.5, 0.6) is 17.2 Å². The van der Waals surface area contributed by atoms with Crippen LogP contribution in [0.2, 0.25) is 0 Å². The van der Waals surface area contributed by atoms with Gasteiger partial charge in [-0.05, 0) is 67.1 Å². The molecular formula is C29H40N2O4. The number of amides is 1. The number of nitrogens with zero attached hydrogens (tertiary/aromatic N) is 2. The van der Waals surface area contributed by atoms with Crippen LogP contribution < -0.4 is 14.2 Å². The lowest BCUT2D eigenvalue weighted by Gasteiger charge is -2.35. The van der Waals surface area contributed by atoms with Gasteiger partial charge < -0.3 is 19.1 Å². The monoisotopic (exact) mass is 480 g/mol. The molecular weight excluding hydrogens is 440 g/mol. The molecule has 0 saturated carbocycles. The molecule has 2 aromatic carbocycles. The van der Waals surface area contributed by atoms with E-state index < -0.39 is 0 Å². The molecule has 0 spiro atoms. The van der Waals surface area contributed by atoms with Gasteiger partial charge in [-0.1, -0.05) is 32.0 Å². The number of hydrogen-bond acceptors (Lipinski definition) is 5. The van der Waals surface area contributed by atoms with Crippen molar-refractivity contribution in [3.8, 4) is 17.2 Å². The number of fused-ring (bicyclic) bond motifs is 1. The molecule has 1 saturated heterocycles. The van der Waals surface area contributed by atoms with E-state index in [2.05, 4.69) is 54.8 Å². The van der Waals surface area contributed by atoms with E-state index in [9.17, 15) is 4.79 Å². The van der Waals surface area contributed by atoms with Crippen LogP contribution in [-0.4, -0.2) is 55.7 Å². The summed E-state index contributed by atoms with van der Waals surface area (Å²) in [5.74, 6) is 3.20. The molecule has 0 bridgehead atoms. The van der Waals surface area contributed by atoms with Crippen molar-refractivity contribution in [2.45, 2.75) is 53.1 Å². The third kappa shape index (κ3) is 6.69. The Morgan fingerprint density at radius 3 is 2.77 bits per heavy atom. The lowest BCUT2D eigenvalue weighted by Crippen LogP contribution is -2.45. The summed E-state index contributed by atoms with van der Waals surface area (Å²) in [6.07, 6.45) is 2.87. The molecule has 0 aliphatic carbocycles. The number of carbonyl (C=O) groups is 1. The standard InChI is InChI=1S/C29H40N2O4/c1-21(2)17-31(19-24-14-22(3)28-27(16-24)34-12-7-13-35-28)29(32)25-9-6-11-30(20-25)18-23-8-5-10-26(15-23)33-4/h5,8,10,14-16,21,25H,6-7,9,11-13,17-20H2,1-4H3/t25-/m1/s1. The molecule has 1 atom stereocenters. The number of ether oxygens (including phenoxy) is 3. The van der Waals surface area contributed by atoms with E-state index in [0.717, 1.165) is 73.8 Å². The first-order valence-electron chi connectivity index (χ1n) is 13.0. The summed E-state index contributed by atoms with van der Waals surface area (Å²) < 4.78 is 17.2. The fourth-order valence-electron chi connectivity index (χ4n) is 5.19. The summed E-state index contributed by atoms with van der Waals surface area (Å²) in [6, 6.07) is 12.4. The molecule has 35 heavy (non-hydrogen) atoms. The van der Waals surface area contributed by atoms with Crippen LogP contribution in [0.4, 0.5) is 0 Å². The predicted molar refractivity (Wildman–Crippen MR) is 138 cm³/mol. The maximum Gasteiger partial charge on any atom is 0.227 e. The number of hydrogen-bond donors (Lipinski definition) is 0. The van der Waals surface area contributed by atoms with Gasteiger partial charge in [0.05, 0.1) is 26.2 Å². The first-order chi connectivity index (χ1) is 16.9. The van der Waals surface area contributed by atoms with Crippen molar-refractivity contribution < 1.29 is 19.0 Å². The number of carbonyl (C=O) groups excluding carboxylic acids is 1. The van der Waals surface area contributed by atoms with Gasteiger partial charge >= 0.3 is 0 Å². The minimum Gasteiger partial charge on any atom is -0.497 e. The van der Waals surface area contributed by atoms with Crippen LogP contribution in [0.3, 0.4) is 0 Å². The van der Waals surface area contributed by atoms with E-state index in [1.54, 1.807) is 7.11 Å². The number of methoxy groups -OCH3 is 1. The highest BCUT2D eigenvalue weighted by Crippen LogP contribution is 2.35. The van der Waals surface area contributed by atoms with Gasteiger partial charge in [-0.3, -0.25) is 9.69 Å². The smallest absolute Gasteiger partial charge is 0.227 e. The van der Waals surface area contributed by atoms with Gasteiger partial charge in [0.15, 0.2) is 11.5 Å². The van der Waals surface area contributed by atoms with Gasteiger partial charge in [0.1, 0.15) is 5.75 Å². The van der Waals surface area contributed by atoms with Gasteiger partial charge in [0.25, 0.3) is 0 Å². The molecule has 2 aliphatic rings. The minimum absolute atomic E-state index is 0.0228. The molecule has 2 aliphatic heterocycles. The largest absolute Gasteiger partial charge is 0.497 e. The topological polar surface area (TPSA) is 51.2 Å². The molecule has 1 fully saturated rings. The maximum atomic E-state index is 13.8. The van der Waals surface area contributed by atoms with Crippen molar-refractivity contribution in [3.63, 3.8) is 0 Å². The van der Waals surface area contributed by atoms with Gasteiger partial charge in [0, 0.05) is 32.6 Å². The highest BCUT2D eigenvalue weighted by atomic mass is 16.5. The van der Waals surface area contributed by atoms with E-state index in [-0.39, 0.29) is 11.8 Å².